The average molecular weight is 298 g/mol. The monoisotopic (exact) mass is 298 g/mol. The molecule has 5 nitrogen and oxygen atoms in total. The van der Waals surface area contributed by atoms with E-state index in [9.17, 15) is 9.59 Å². The van der Waals surface area contributed by atoms with Gasteiger partial charge in [0, 0.05) is 25.1 Å². The lowest BCUT2D eigenvalue weighted by Gasteiger charge is -2.22. The highest BCUT2D eigenvalue weighted by atomic mass is 16.5. The summed E-state index contributed by atoms with van der Waals surface area (Å²) in [6.45, 7) is 1.56. The molecule has 1 aliphatic heterocycles. The van der Waals surface area contributed by atoms with Crippen LogP contribution in [0, 0.1) is 0 Å². The molecule has 1 saturated heterocycles. The molecule has 1 amide bonds. The standard InChI is InChI=1S/C17H18N2O3/c20-16-15(5-2-8-18-16)17(21)19-14-4-1-3-13(11-14)12-6-9-22-10-7-12/h1-5,8,11-12H,6-7,9-10H2,(H,18,20)(H,19,21). The van der Waals surface area contributed by atoms with Gasteiger partial charge in [-0.25, -0.2) is 0 Å². The zero-order valence-electron chi connectivity index (χ0n) is 12.2. The van der Waals surface area contributed by atoms with Crippen LogP contribution in [-0.4, -0.2) is 24.1 Å². The summed E-state index contributed by atoms with van der Waals surface area (Å²) in [6, 6.07) is 10.9. The highest BCUT2D eigenvalue weighted by molar-refractivity contribution is 6.03. The highest BCUT2D eigenvalue weighted by Crippen LogP contribution is 2.28. The van der Waals surface area contributed by atoms with E-state index in [-0.39, 0.29) is 11.1 Å². The van der Waals surface area contributed by atoms with E-state index < -0.39 is 5.91 Å². The second-order valence-electron chi connectivity index (χ2n) is 5.38. The molecule has 0 spiro atoms. The van der Waals surface area contributed by atoms with Gasteiger partial charge in [0.05, 0.1) is 0 Å². The van der Waals surface area contributed by atoms with Crippen molar-refractivity contribution in [2.45, 2.75) is 18.8 Å². The SMILES string of the molecule is O=C(Nc1cccc(C2CCOCC2)c1)c1ccc[nH]c1=O. The maximum atomic E-state index is 12.2. The number of H-pyrrole nitrogens is 1. The topological polar surface area (TPSA) is 71.2 Å². The van der Waals surface area contributed by atoms with Crippen LogP contribution < -0.4 is 10.9 Å². The third-order valence-corrected chi connectivity index (χ3v) is 3.90. The number of aromatic amines is 1. The lowest BCUT2D eigenvalue weighted by Crippen LogP contribution is -2.22. The number of carbonyl (C=O) groups is 1. The van der Waals surface area contributed by atoms with Crippen LogP contribution in [0.3, 0.4) is 0 Å². The number of nitrogens with one attached hydrogen (secondary N) is 2. The Kier molecular flexibility index (Phi) is 4.34. The Hall–Kier alpha value is -2.40. The zero-order chi connectivity index (χ0) is 15.4. The maximum Gasteiger partial charge on any atom is 0.261 e. The quantitative estimate of drug-likeness (QED) is 0.914. The fourth-order valence-electron chi connectivity index (χ4n) is 2.70. The first-order valence-electron chi connectivity index (χ1n) is 7.41. The van der Waals surface area contributed by atoms with Gasteiger partial charge in [-0.05, 0) is 48.6 Å². The largest absolute Gasteiger partial charge is 0.381 e. The molecular formula is C17H18N2O3. The van der Waals surface area contributed by atoms with Crippen molar-refractivity contribution in [3.8, 4) is 0 Å². The fourth-order valence-corrected chi connectivity index (χ4v) is 2.70. The molecule has 1 fully saturated rings. The van der Waals surface area contributed by atoms with Crippen molar-refractivity contribution in [1.29, 1.82) is 0 Å². The molecule has 0 unspecified atom stereocenters. The minimum absolute atomic E-state index is 0.110. The van der Waals surface area contributed by atoms with Crippen LogP contribution in [0.4, 0.5) is 5.69 Å². The smallest absolute Gasteiger partial charge is 0.261 e. The summed E-state index contributed by atoms with van der Waals surface area (Å²) in [6.07, 6.45) is 3.50. The number of hydrogen-bond acceptors (Lipinski definition) is 3. The number of ether oxygens (including phenoxy) is 1. The first-order valence-corrected chi connectivity index (χ1v) is 7.41. The van der Waals surface area contributed by atoms with Gasteiger partial charge in [0.1, 0.15) is 5.56 Å². The van der Waals surface area contributed by atoms with Gasteiger partial charge in [0.25, 0.3) is 11.5 Å². The Morgan fingerprint density at radius 2 is 2.00 bits per heavy atom. The number of anilines is 1. The zero-order valence-corrected chi connectivity index (χ0v) is 12.2. The van der Waals surface area contributed by atoms with Gasteiger partial charge in [0.2, 0.25) is 0 Å². The Balaban J connectivity index is 1.76. The van der Waals surface area contributed by atoms with Gasteiger partial charge in [-0.2, -0.15) is 0 Å². The summed E-state index contributed by atoms with van der Waals surface area (Å²) >= 11 is 0. The number of aromatic nitrogens is 1. The molecule has 5 heteroatoms. The van der Waals surface area contributed by atoms with Crippen LogP contribution in [0.5, 0.6) is 0 Å². The Morgan fingerprint density at radius 1 is 1.18 bits per heavy atom. The minimum Gasteiger partial charge on any atom is -0.381 e. The molecule has 114 valence electrons. The lowest BCUT2D eigenvalue weighted by molar-refractivity contribution is 0.0853. The van der Waals surface area contributed by atoms with Crippen LogP contribution in [0.1, 0.15) is 34.7 Å². The predicted molar refractivity (Wildman–Crippen MR) is 84.3 cm³/mol. The number of benzene rings is 1. The summed E-state index contributed by atoms with van der Waals surface area (Å²) in [5.41, 5.74) is 1.62. The molecule has 1 aromatic carbocycles. The Labute approximate surface area is 128 Å². The molecule has 1 aromatic heterocycles. The number of pyridine rings is 1. The number of amides is 1. The summed E-state index contributed by atoms with van der Waals surface area (Å²) in [7, 11) is 0. The molecule has 0 saturated carbocycles. The molecule has 2 heterocycles. The predicted octanol–water partition coefficient (Wildman–Crippen LogP) is 2.52. The van der Waals surface area contributed by atoms with Crippen molar-refractivity contribution in [3.05, 3.63) is 64.1 Å². The molecule has 2 N–H and O–H groups in total. The highest BCUT2D eigenvalue weighted by Gasteiger charge is 2.16. The minimum atomic E-state index is -0.397. The van der Waals surface area contributed by atoms with Gasteiger partial charge in [0.15, 0.2) is 0 Å². The van der Waals surface area contributed by atoms with Crippen molar-refractivity contribution in [2.75, 3.05) is 18.5 Å². The Bertz CT molecular complexity index is 718. The van der Waals surface area contributed by atoms with Crippen LogP contribution in [0.25, 0.3) is 0 Å². The summed E-state index contributed by atoms with van der Waals surface area (Å²) < 4.78 is 5.38. The van der Waals surface area contributed by atoms with Gasteiger partial charge in [-0.1, -0.05) is 12.1 Å². The number of rotatable bonds is 3. The third-order valence-electron chi connectivity index (χ3n) is 3.90. The lowest BCUT2D eigenvalue weighted by atomic mass is 9.91. The molecule has 3 rings (SSSR count). The van der Waals surface area contributed by atoms with E-state index in [4.69, 9.17) is 4.74 Å². The van der Waals surface area contributed by atoms with Crippen molar-refractivity contribution in [2.24, 2.45) is 0 Å². The van der Waals surface area contributed by atoms with Crippen molar-refractivity contribution >= 4 is 11.6 Å². The number of hydrogen-bond donors (Lipinski definition) is 2. The van der Waals surface area contributed by atoms with E-state index in [1.165, 1.54) is 17.8 Å². The van der Waals surface area contributed by atoms with Crippen LogP contribution in [0.15, 0.2) is 47.4 Å². The molecule has 0 aliphatic carbocycles. The second-order valence-corrected chi connectivity index (χ2v) is 5.38. The summed E-state index contributed by atoms with van der Waals surface area (Å²) in [5.74, 6) is 0.0664. The van der Waals surface area contributed by atoms with Gasteiger partial charge < -0.3 is 15.0 Å². The normalized spacial score (nSPS) is 15.5. The fraction of sp³-hybridized carbons (Fsp3) is 0.294. The molecular weight excluding hydrogens is 280 g/mol. The first kappa shape index (κ1) is 14.5. The molecule has 22 heavy (non-hydrogen) atoms. The van der Waals surface area contributed by atoms with Crippen LogP contribution >= 0.6 is 0 Å². The average Bonchev–Trinajstić information content (AvgIpc) is 2.56. The van der Waals surface area contributed by atoms with Crippen molar-refractivity contribution in [1.82, 2.24) is 4.98 Å². The summed E-state index contributed by atoms with van der Waals surface area (Å²) in [5, 5.41) is 2.79. The first-order chi connectivity index (χ1) is 10.7. The molecule has 2 aromatic rings. The van der Waals surface area contributed by atoms with Crippen molar-refractivity contribution < 1.29 is 9.53 Å². The van der Waals surface area contributed by atoms with Crippen LogP contribution in [-0.2, 0) is 4.74 Å². The van der Waals surface area contributed by atoms with Crippen molar-refractivity contribution in [3.63, 3.8) is 0 Å². The Morgan fingerprint density at radius 3 is 2.77 bits per heavy atom. The second kappa shape index (κ2) is 6.58. The van der Waals surface area contributed by atoms with Gasteiger partial charge in [-0.15, -0.1) is 0 Å². The van der Waals surface area contributed by atoms with E-state index in [0.29, 0.717) is 11.6 Å². The molecule has 0 radical (unpaired) electrons. The molecule has 0 atom stereocenters. The van der Waals surface area contributed by atoms with Gasteiger partial charge >= 0.3 is 0 Å². The molecule has 1 aliphatic rings. The van der Waals surface area contributed by atoms with Crippen LogP contribution in [0.2, 0.25) is 0 Å². The van der Waals surface area contributed by atoms with Gasteiger partial charge in [-0.3, -0.25) is 9.59 Å². The van der Waals surface area contributed by atoms with E-state index >= 15 is 0 Å². The van der Waals surface area contributed by atoms with E-state index in [0.717, 1.165) is 26.1 Å². The summed E-state index contributed by atoms with van der Waals surface area (Å²) in [4.78, 5) is 26.3. The number of carbonyl (C=O) groups excluding carboxylic acids is 1. The third kappa shape index (κ3) is 3.26. The van der Waals surface area contributed by atoms with E-state index in [1.54, 1.807) is 6.07 Å². The molecule has 0 bridgehead atoms. The maximum absolute atomic E-state index is 12.2. The van der Waals surface area contributed by atoms with E-state index in [2.05, 4.69) is 16.4 Å². The van der Waals surface area contributed by atoms with E-state index in [1.807, 2.05) is 18.2 Å².